The van der Waals surface area contributed by atoms with Crippen LogP contribution in [0.15, 0.2) is 21.9 Å². The van der Waals surface area contributed by atoms with Crippen molar-refractivity contribution in [3.05, 3.63) is 33.1 Å². The van der Waals surface area contributed by atoms with Crippen LogP contribution in [0.3, 0.4) is 0 Å². The maximum absolute atomic E-state index is 12.2. The molecular formula is C17H26N2O6Si. The number of nitrogens with zero attached hydrogens (tertiary/aromatic N) is 1. The first-order valence-electron chi connectivity index (χ1n) is 8.33. The van der Waals surface area contributed by atoms with Crippen molar-refractivity contribution in [1.82, 2.24) is 9.55 Å². The highest BCUT2D eigenvalue weighted by Crippen LogP contribution is 2.44. The normalized spacial score (nSPS) is 29.5. The van der Waals surface area contributed by atoms with Crippen LogP contribution in [0.5, 0.6) is 0 Å². The second-order valence-corrected chi connectivity index (χ2v) is 12.7. The van der Waals surface area contributed by atoms with Crippen molar-refractivity contribution < 1.29 is 19.4 Å². The summed E-state index contributed by atoms with van der Waals surface area (Å²) in [5.74, 6) is 2.28. The number of hydrogen-bond acceptors (Lipinski definition) is 6. The van der Waals surface area contributed by atoms with E-state index in [0.717, 1.165) is 10.6 Å². The Hall–Kier alpha value is -1.70. The number of H-pyrrole nitrogens is 1. The summed E-state index contributed by atoms with van der Waals surface area (Å²) in [6.45, 7) is 9.47. The van der Waals surface area contributed by atoms with Gasteiger partial charge in [-0.05, 0) is 18.1 Å². The Bertz CT molecular complexity index is 818. The molecule has 2 rings (SSSR count). The molecule has 3 N–H and O–H groups in total. The third kappa shape index (κ3) is 3.43. The number of rotatable bonds is 4. The lowest BCUT2D eigenvalue weighted by atomic mass is 9.93. The topological polar surface area (TPSA) is 114 Å². The molecule has 144 valence electrons. The zero-order chi connectivity index (χ0) is 19.9. The third-order valence-electron chi connectivity index (χ3n) is 5.24. The lowest BCUT2D eigenvalue weighted by molar-refractivity contribution is -0.0624. The first-order valence-corrected chi connectivity index (χ1v) is 11.2. The van der Waals surface area contributed by atoms with Crippen molar-refractivity contribution in [3.63, 3.8) is 0 Å². The van der Waals surface area contributed by atoms with E-state index in [9.17, 15) is 19.8 Å². The summed E-state index contributed by atoms with van der Waals surface area (Å²) in [5.41, 5.74) is -3.20. The zero-order valence-corrected chi connectivity index (χ0v) is 16.6. The third-order valence-corrected chi connectivity index (χ3v) is 9.69. The molecule has 2 heterocycles. The molecular weight excluding hydrogens is 356 g/mol. The Balaban J connectivity index is 2.57. The van der Waals surface area contributed by atoms with Gasteiger partial charge in [-0.1, -0.05) is 26.7 Å². The predicted molar refractivity (Wildman–Crippen MR) is 98.2 cm³/mol. The summed E-state index contributed by atoms with van der Waals surface area (Å²) in [5, 5.41) is 20.4. The average Bonchev–Trinajstić information content (AvgIpc) is 2.79. The predicted octanol–water partition coefficient (Wildman–Crippen LogP) is 0.181. The lowest BCUT2D eigenvalue weighted by Crippen LogP contribution is -2.55. The van der Waals surface area contributed by atoms with Crippen LogP contribution in [0.4, 0.5) is 0 Å². The van der Waals surface area contributed by atoms with Gasteiger partial charge < -0.3 is 19.4 Å². The summed E-state index contributed by atoms with van der Waals surface area (Å²) >= 11 is 0. The van der Waals surface area contributed by atoms with Gasteiger partial charge in [0.2, 0.25) is 0 Å². The standard InChI is InChI=1S/C17H26N2O6Si/c1-7-17(23)11(10-20)24-14(19-9-8-12(21)18-15(19)22)13(17)25-26(5,6)16(2,3)4/h1,8-9,11,13-14,20,23H,10H2,2-6H3,(H,18,21,22)/t11-,13+,14-,17?/m0/s1. The number of nitrogens with one attached hydrogen (secondary N) is 1. The Labute approximate surface area is 152 Å². The van der Waals surface area contributed by atoms with Crippen LogP contribution in [-0.2, 0) is 9.16 Å². The Morgan fingerprint density at radius 1 is 1.46 bits per heavy atom. The Morgan fingerprint density at radius 2 is 2.08 bits per heavy atom. The average molecular weight is 382 g/mol. The van der Waals surface area contributed by atoms with E-state index in [0.29, 0.717) is 0 Å². The van der Waals surface area contributed by atoms with E-state index >= 15 is 0 Å². The monoisotopic (exact) mass is 382 g/mol. The van der Waals surface area contributed by atoms with Crippen LogP contribution in [0.2, 0.25) is 18.1 Å². The van der Waals surface area contributed by atoms with Crippen LogP contribution in [-0.4, -0.2) is 52.5 Å². The second kappa shape index (κ2) is 6.79. The van der Waals surface area contributed by atoms with Gasteiger partial charge in [-0.2, -0.15) is 0 Å². The largest absolute Gasteiger partial charge is 0.405 e. The number of hydrogen-bond donors (Lipinski definition) is 3. The molecule has 0 amide bonds. The van der Waals surface area contributed by atoms with E-state index in [2.05, 4.69) is 10.9 Å². The summed E-state index contributed by atoms with van der Waals surface area (Å²) in [6, 6.07) is 1.16. The number of ether oxygens (including phenoxy) is 1. The van der Waals surface area contributed by atoms with Gasteiger partial charge in [0.25, 0.3) is 5.56 Å². The number of aromatic amines is 1. The van der Waals surface area contributed by atoms with Gasteiger partial charge in [0.05, 0.1) is 6.61 Å². The molecule has 1 aliphatic heterocycles. The van der Waals surface area contributed by atoms with Gasteiger partial charge in [0.1, 0.15) is 12.2 Å². The van der Waals surface area contributed by atoms with Crippen LogP contribution < -0.4 is 11.2 Å². The van der Waals surface area contributed by atoms with Gasteiger partial charge in [0.15, 0.2) is 20.1 Å². The van der Waals surface area contributed by atoms with Crippen LogP contribution in [0, 0.1) is 12.3 Å². The highest BCUT2D eigenvalue weighted by atomic mass is 28.4. The Kier molecular flexibility index (Phi) is 5.38. The van der Waals surface area contributed by atoms with E-state index in [4.69, 9.17) is 15.6 Å². The Morgan fingerprint density at radius 3 is 2.54 bits per heavy atom. The number of terminal acetylenes is 1. The van der Waals surface area contributed by atoms with Crippen molar-refractivity contribution in [2.24, 2.45) is 0 Å². The van der Waals surface area contributed by atoms with Crippen LogP contribution in [0.1, 0.15) is 27.0 Å². The van der Waals surface area contributed by atoms with E-state index in [1.165, 1.54) is 6.20 Å². The van der Waals surface area contributed by atoms with Crippen molar-refractivity contribution >= 4 is 8.32 Å². The van der Waals surface area contributed by atoms with E-state index < -0.39 is 50.2 Å². The van der Waals surface area contributed by atoms with E-state index in [-0.39, 0.29) is 5.04 Å². The molecule has 1 aromatic heterocycles. The highest BCUT2D eigenvalue weighted by molar-refractivity contribution is 6.74. The maximum atomic E-state index is 12.2. The minimum atomic E-state index is -2.42. The smallest absolute Gasteiger partial charge is 0.330 e. The number of aliphatic hydroxyl groups excluding tert-OH is 1. The molecule has 26 heavy (non-hydrogen) atoms. The molecule has 4 atom stereocenters. The van der Waals surface area contributed by atoms with Crippen molar-refractivity contribution in [2.45, 2.75) is 62.9 Å². The van der Waals surface area contributed by atoms with Crippen molar-refractivity contribution in [1.29, 1.82) is 0 Å². The van der Waals surface area contributed by atoms with Gasteiger partial charge in [-0.3, -0.25) is 14.3 Å². The van der Waals surface area contributed by atoms with Gasteiger partial charge in [0, 0.05) is 12.3 Å². The molecule has 1 fully saturated rings. The molecule has 0 saturated carbocycles. The summed E-state index contributed by atoms with van der Waals surface area (Å²) in [7, 11) is -2.42. The lowest BCUT2D eigenvalue weighted by Gasteiger charge is -2.41. The van der Waals surface area contributed by atoms with E-state index in [1.54, 1.807) is 0 Å². The molecule has 0 bridgehead atoms. The molecule has 0 spiro atoms. The molecule has 1 aliphatic rings. The molecule has 1 saturated heterocycles. The molecule has 0 aliphatic carbocycles. The number of aliphatic hydroxyl groups is 2. The SMILES string of the molecule is C#CC1(O)[C@H](CO)O[C@H](n2ccc(=O)[nH]c2=O)[C@H]1O[Si](C)(C)C(C)(C)C. The van der Waals surface area contributed by atoms with Gasteiger partial charge >= 0.3 is 5.69 Å². The minimum Gasteiger partial charge on any atom is -0.405 e. The molecule has 1 unspecified atom stereocenters. The quantitative estimate of drug-likeness (QED) is 0.506. The van der Waals surface area contributed by atoms with Crippen LogP contribution >= 0.6 is 0 Å². The second-order valence-electron chi connectivity index (χ2n) is 7.98. The first kappa shape index (κ1) is 20.6. The molecule has 8 nitrogen and oxygen atoms in total. The molecule has 9 heteroatoms. The highest BCUT2D eigenvalue weighted by Gasteiger charge is 2.59. The minimum absolute atomic E-state index is 0.194. The van der Waals surface area contributed by atoms with E-state index in [1.807, 2.05) is 33.9 Å². The fourth-order valence-corrected chi connectivity index (χ4v) is 3.87. The number of aromatic nitrogens is 2. The van der Waals surface area contributed by atoms with Gasteiger partial charge in [-0.25, -0.2) is 4.79 Å². The molecule has 0 aromatic carbocycles. The summed E-state index contributed by atoms with van der Waals surface area (Å²) < 4.78 is 13.1. The zero-order valence-electron chi connectivity index (χ0n) is 15.6. The summed E-state index contributed by atoms with van der Waals surface area (Å²) in [4.78, 5) is 25.7. The fraction of sp³-hybridized carbons (Fsp3) is 0.647. The van der Waals surface area contributed by atoms with Crippen molar-refractivity contribution in [3.8, 4) is 12.3 Å². The fourth-order valence-electron chi connectivity index (χ4n) is 2.58. The summed E-state index contributed by atoms with van der Waals surface area (Å²) in [6.07, 6.45) is 3.50. The van der Waals surface area contributed by atoms with Crippen LogP contribution in [0.25, 0.3) is 0 Å². The molecule has 0 radical (unpaired) electrons. The molecule has 1 aromatic rings. The first-order chi connectivity index (χ1) is 11.9. The van der Waals surface area contributed by atoms with Gasteiger partial charge in [-0.15, -0.1) is 6.42 Å². The van der Waals surface area contributed by atoms with Crippen molar-refractivity contribution in [2.75, 3.05) is 6.61 Å². The maximum Gasteiger partial charge on any atom is 0.330 e.